The van der Waals surface area contributed by atoms with E-state index in [0.717, 1.165) is 10.2 Å². The van der Waals surface area contributed by atoms with Gasteiger partial charge in [0.25, 0.3) is 11.5 Å². The minimum Gasteiger partial charge on any atom is -0.336 e. The Balaban J connectivity index is 1.93. The van der Waals surface area contributed by atoms with E-state index in [1.54, 1.807) is 36.4 Å². The molecule has 1 aromatic heterocycles. The lowest BCUT2D eigenvalue weighted by Gasteiger charge is -2.18. The van der Waals surface area contributed by atoms with Crippen molar-refractivity contribution in [1.29, 1.82) is 0 Å². The molecular formula is C20H19ClN4O4S. The summed E-state index contributed by atoms with van der Waals surface area (Å²) in [5.41, 5.74) is 1.23. The van der Waals surface area contributed by atoms with Crippen LogP contribution < -0.4 is 10.7 Å². The van der Waals surface area contributed by atoms with Gasteiger partial charge >= 0.3 is 0 Å². The van der Waals surface area contributed by atoms with E-state index in [1.807, 2.05) is 6.92 Å². The van der Waals surface area contributed by atoms with Gasteiger partial charge in [-0.05, 0) is 42.3 Å². The summed E-state index contributed by atoms with van der Waals surface area (Å²) in [5, 5.41) is 9.88. The second-order valence-electron chi connectivity index (χ2n) is 6.72. The molecule has 0 radical (unpaired) electrons. The van der Waals surface area contributed by atoms with Crippen LogP contribution in [0.15, 0.2) is 64.3 Å². The maximum absolute atomic E-state index is 12.9. The SMILES string of the molecule is Cc1ccc(-n2nc(C(=O)N(C)Cc3ccccc3S(N)(=O)=O)ccc2=O)cc1Cl. The fourth-order valence-electron chi connectivity index (χ4n) is 2.86. The summed E-state index contributed by atoms with van der Waals surface area (Å²) in [7, 11) is -2.43. The second-order valence-corrected chi connectivity index (χ2v) is 8.65. The molecule has 30 heavy (non-hydrogen) atoms. The third kappa shape index (κ3) is 4.59. The molecule has 0 aliphatic rings. The van der Waals surface area contributed by atoms with Gasteiger partial charge < -0.3 is 4.90 Å². The molecule has 156 valence electrons. The van der Waals surface area contributed by atoms with Crippen molar-refractivity contribution in [3.05, 3.63) is 86.8 Å². The van der Waals surface area contributed by atoms with Crippen molar-refractivity contribution in [2.24, 2.45) is 5.14 Å². The van der Waals surface area contributed by atoms with E-state index in [4.69, 9.17) is 16.7 Å². The highest BCUT2D eigenvalue weighted by molar-refractivity contribution is 7.89. The van der Waals surface area contributed by atoms with Crippen molar-refractivity contribution in [1.82, 2.24) is 14.7 Å². The number of carbonyl (C=O) groups is 1. The Morgan fingerprint density at radius 2 is 1.87 bits per heavy atom. The summed E-state index contributed by atoms with van der Waals surface area (Å²) in [4.78, 5) is 26.4. The highest BCUT2D eigenvalue weighted by Crippen LogP contribution is 2.19. The van der Waals surface area contributed by atoms with E-state index in [-0.39, 0.29) is 17.1 Å². The number of rotatable bonds is 5. The fourth-order valence-corrected chi connectivity index (χ4v) is 3.80. The van der Waals surface area contributed by atoms with E-state index in [1.165, 1.54) is 30.1 Å². The maximum Gasteiger partial charge on any atom is 0.274 e. The minimum absolute atomic E-state index is 0.0113. The molecular weight excluding hydrogens is 428 g/mol. The molecule has 0 saturated heterocycles. The zero-order valence-electron chi connectivity index (χ0n) is 16.2. The van der Waals surface area contributed by atoms with Crippen LogP contribution in [0.5, 0.6) is 0 Å². The molecule has 0 aliphatic heterocycles. The van der Waals surface area contributed by atoms with Gasteiger partial charge in [-0.2, -0.15) is 9.78 Å². The molecule has 0 fully saturated rings. The topological polar surface area (TPSA) is 115 Å². The molecule has 0 unspecified atom stereocenters. The van der Waals surface area contributed by atoms with E-state index < -0.39 is 21.5 Å². The third-order valence-electron chi connectivity index (χ3n) is 4.45. The van der Waals surface area contributed by atoms with E-state index in [0.29, 0.717) is 16.3 Å². The summed E-state index contributed by atoms with van der Waals surface area (Å²) in [6.07, 6.45) is 0. The molecule has 0 aliphatic carbocycles. The van der Waals surface area contributed by atoms with Gasteiger partial charge in [-0.1, -0.05) is 35.9 Å². The van der Waals surface area contributed by atoms with Gasteiger partial charge in [0, 0.05) is 24.7 Å². The lowest BCUT2D eigenvalue weighted by Crippen LogP contribution is -2.31. The number of aryl methyl sites for hydroxylation is 1. The van der Waals surface area contributed by atoms with Crippen LogP contribution in [0, 0.1) is 6.92 Å². The summed E-state index contributed by atoms with van der Waals surface area (Å²) in [6, 6.07) is 13.7. The molecule has 8 nitrogen and oxygen atoms in total. The van der Waals surface area contributed by atoms with Gasteiger partial charge in [-0.15, -0.1) is 0 Å². The summed E-state index contributed by atoms with van der Waals surface area (Å²) < 4.78 is 24.6. The zero-order chi connectivity index (χ0) is 22.1. The normalized spacial score (nSPS) is 11.3. The Bertz CT molecular complexity index is 1290. The van der Waals surface area contributed by atoms with Crippen molar-refractivity contribution in [2.45, 2.75) is 18.4 Å². The predicted molar refractivity (Wildman–Crippen MR) is 113 cm³/mol. The van der Waals surface area contributed by atoms with Gasteiger partial charge in [-0.3, -0.25) is 9.59 Å². The van der Waals surface area contributed by atoms with Crippen LogP contribution in [0.25, 0.3) is 5.69 Å². The molecule has 3 aromatic rings. The Labute approximate surface area is 178 Å². The zero-order valence-corrected chi connectivity index (χ0v) is 17.8. The molecule has 1 amide bonds. The van der Waals surface area contributed by atoms with Crippen LogP contribution in [0.1, 0.15) is 21.6 Å². The number of aromatic nitrogens is 2. The molecule has 0 saturated carbocycles. The Hall–Kier alpha value is -3.01. The van der Waals surface area contributed by atoms with Gasteiger partial charge in [0.15, 0.2) is 0 Å². The molecule has 2 N–H and O–H groups in total. The van der Waals surface area contributed by atoms with Crippen molar-refractivity contribution in [3.63, 3.8) is 0 Å². The smallest absolute Gasteiger partial charge is 0.274 e. The average molecular weight is 447 g/mol. The Morgan fingerprint density at radius 1 is 1.17 bits per heavy atom. The number of nitrogens with two attached hydrogens (primary N) is 1. The van der Waals surface area contributed by atoms with Gasteiger partial charge in [0.2, 0.25) is 10.0 Å². The molecule has 10 heteroatoms. The van der Waals surface area contributed by atoms with E-state index in [2.05, 4.69) is 5.10 Å². The summed E-state index contributed by atoms with van der Waals surface area (Å²) in [5.74, 6) is -0.494. The van der Waals surface area contributed by atoms with E-state index >= 15 is 0 Å². The standard InChI is InChI=1S/C20H19ClN4O4S/c1-13-7-8-15(11-16(13)21)25-19(26)10-9-17(23-25)20(27)24(2)12-14-5-3-4-6-18(14)30(22,28)29/h3-11H,12H2,1-2H3,(H2,22,28,29). The van der Waals surface area contributed by atoms with Crippen LogP contribution >= 0.6 is 11.6 Å². The molecule has 3 rings (SSSR count). The first-order valence-corrected chi connectivity index (χ1v) is 10.7. The van der Waals surface area contributed by atoms with Crippen molar-refractivity contribution < 1.29 is 13.2 Å². The van der Waals surface area contributed by atoms with Crippen LogP contribution in [0.4, 0.5) is 0 Å². The number of sulfonamides is 1. The number of carbonyl (C=O) groups excluding carboxylic acids is 1. The minimum atomic E-state index is -3.94. The number of amides is 1. The average Bonchev–Trinajstić information content (AvgIpc) is 2.69. The first kappa shape index (κ1) is 21.7. The third-order valence-corrected chi connectivity index (χ3v) is 5.87. The van der Waals surface area contributed by atoms with Gasteiger partial charge in [0.05, 0.1) is 10.6 Å². The number of halogens is 1. The van der Waals surface area contributed by atoms with Crippen molar-refractivity contribution in [3.8, 4) is 5.69 Å². The highest BCUT2D eigenvalue weighted by atomic mass is 35.5. The second kappa shape index (κ2) is 8.39. The fraction of sp³-hybridized carbons (Fsp3) is 0.150. The van der Waals surface area contributed by atoms with Crippen molar-refractivity contribution >= 4 is 27.5 Å². The number of hydrogen-bond donors (Lipinski definition) is 1. The quantitative estimate of drug-likeness (QED) is 0.644. The lowest BCUT2D eigenvalue weighted by atomic mass is 10.2. The number of benzene rings is 2. The molecule has 0 atom stereocenters. The lowest BCUT2D eigenvalue weighted by molar-refractivity contribution is 0.0776. The van der Waals surface area contributed by atoms with Crippen LogP contribution in [-0.4, -0.2) is 36.1 Å². The summed E-state index contributed by atoms with van der Waals surface area (Å²) >= 11 is 6.13. The Morgan fingerprint density at radius 3 is 2.53 bits per heavy atom. The molecule has 0 spiro atoms. The van der Waals surface area contributed by atoms with Gasteiger partial charge in [-0.25, -0.2) is 13.6 Å². The predicted octanol–water partition coefficient (Wildman–Crippen LogP) is 2.11. The highest BCUT2D eigenvalue weighted by Gasteiger charge is 2.19. The molecule has 1 heterocycles. The van der Waals surface area contributed by atoms with Crippen LogP contribution in [0.2, 0.25) is 5.02 Å². The first-order valence-electron chi connectivity index (χ1n) is 8.81. The molecule has 0 bridgehead atoms. The maximum atomic E-state index is 12.9. The van der Waals surface area contributed by atoms with Crippen LogP contribution in [0.3, 0.4) is 0 Å². The number of nitrogens with zero attached hydrogens (tertiary/aromatic N) is 3. The monoisotopic (exact) mass is 446 g/mol. The van der Waals surface area contributed by atoms with E-state index in [9.17, 15) is 18.0 Å². The van der Waals surface area contributed by atoms with Crippen molar-refractivity contribution in [2.75, 3.05) is 7.05 Å². The number of primary sulfonamides is 1. The molecule has 2 aromatic carbocycles. The Kier molecular flexibility index (Phi) is 6.06. The number of hydrogen-bond acceptors (Lipinski definition) is 5. The largest absolute Gasteiger partial charge is 0.336 e. The summed E-state index contributed by atoms with van der Waals surface area (Å²) in [6.45, 7) is 1.82. The first-order chi connectivity index (χ1) is 14.1. The van der Waals surface area contributed by atoms with Crippen LogP contribution in [-0.2, 0) is 16.6 Å². The van der Waals surface area contributed by atoms with Gasteiger partial charge in [0.1, 0.15) is 5.69 Å².